The van der Waals surface area contributed by atoms with E-state index in [2.05, 4.69) is 5.32 Å². The molecule has 3 amide bonds. The molecule has 0 unspecified atom stereocenters. The summed E-state index contributed by atoms with van der Waals surface area (Å²) in [6, 6.07) is 3.29. The molecule has 0 spiro atoms. The van der Waals surface area contributed by atoms with E-state index in [4.69, 9.17) is 16.3 Å². The minimum atomic E-state index is -0.870. The predicted molar refractivity (Wildman–Crippen MR) is 73.8 cm³/mol. The standard InChI is InChI=1S/C14H15ClN2O3/c1-14(2)12(18)16-13(19)17(14)7-9-6-10(15)5-8-3-4-20-11(8)9/h5-6H,3-4,7H2,1-2H3,(H,16,18,19). The Morgan fingerprint density at radius 3 is 2.80 bits per heavy atom. The lowest BCUT2D eigenvalue weighted by molar-refractivity contribution is -0.125. The monoisotopic (exact) mass is 294 g/mol. The summed E-state index contributed by atoms with van der Waals surface area (Å²) in [5.74, 6) is 0.499. The van der Waals surface area contributed by atoms with Crippen molar-refractivity contribution in [1.82, 2.24) is 10.2 Å². The molecule has 2 aliphatic heterocycles. The molecule has 1 saturated heterocycles. The Balaban J connectivity index is 1.96. The molecule has 2 aliphatic rings. The van der Waals surface area contributed by atoms with Crippen LogP contribution in [0.25, 0.3) is 0 Å². The first-order chi connectivity index (χ1) is 9.39. The van der Waals surface area contributed by atoms with E-state index in [9.17, 15) is 9.59 Å². The number of amides is 3. The number of hydrogen-bond acceptors (Lipinski definition) is 3. The van der Waals surface area contributed by atoms with Gasteiger partial charge in [0.05, 0.1) is 13.2 Å². The quantitative estimate of drug-likeness (QED) is 0.850. The summed E-state index contributed by atoms with van der Waals surface area (Å²) in [4.78, 5) is 25.2. The molecular formula is C14H15ClN2O3. The Hall–Kier alpha value is -1.75. The van der Waals surface area contributed by atoms with Gasteiger partial charge in [0.25, 0.3) is 5.91 Å². The van der Waals surface area contributed by atoms with Gasteiger partial charge >= 0.3 is 6.03 Å². The number of halogens is 1. The number of carbonyl (C=O) groups excluding carboxylic acids is 2. The number of urea groups is 1. The molecule has 1 fully saturated rings. The number of nitrogens with one attached hydrogen (secondary N) is 1. The number of hydrogen-bond donors (Lipinski definition) is 1. The van der Waals surface area contributed by atoms with Crippen LogP contribution >= 0.6 is 11.6 Å². The van der Waals surface area contributed by atoms with Gasteiger partial charge in [-0.15, -0.1) is 0 Å². The van der Waals surface area contributed by atoms with E-state index in [0.717, 1.165) is 23.3 Å². The molecule has 1 N–H and O–H groups in total. The van der Waals surface area contributed by atoms with Crippen LogP contribution < -0.4 is 10.1 Å². The van der Waals surface area contributed by atoms with Crippen molar-refractivity contribution in [1.29, 1.82) is 0 Å². The maximum Gasteiger partial charge on any atom is 0.325 e. The minimum absolute atomic E-state index is 0.290. The maximum atomic E-state index is 11.9. The van der Waals surface area contributed by atoms with Crippen molar-refractivity contribution in [3.63, 3.8) is 0 Å². The molecule has 0 saturated carbocycles. The van der Waals surface area contributed by atoms with E-state index >= 15 is 0 Å². The third-order valence-electron chi connectivity index (χ3n) is 3.85. The Kier molecular flexibility index (Phi) is 2.90. The van der Waals surface area contributed by atoms with Crippen molar-refractivity contribution in [2.75, 3.05) is 6.61 Å². The van der Waals surface area contributed by atoms with Gasteiger partial charge in [0, 0.05) is 17.0 Å². The summed E-state index contributed by atoms with van der Waals surface area (Å²) in [5.41, 5.74) is 1.02. The zero-order chi connectivity index (χ0) is 14.5. The average Bonchev–Trinajstić information content (AvgIpc) is 2.88. The van der Waals surface area contributed by atoms with Crippen LogP contribution in [0.1, 0.15) is 25.0 Å². The van der Waals surface area contributed by atoms with Gasteiger partial charge in [-0.05, 0) is 31.5 Å². The fourth-order valence-electron chi connectivity index (χ4n) is 2.60. The van der Waals surface area contributed by atoms with E-state index in [1.54, 1.807) is 19.9 Å². The lowest BCUT2D eigenvalue weighted by Crippen LogP contribution is -2.43. The van der Waals surface area contributed by atoms with Crippen LogP contribution in [-0.2, 0) is 17.8 Å². The third kappa shape index (κ3) is 1.93. The van der Waals surface area contributed by atoms with E-state index in [1.807, 2.05) is 6.07 Å². The van der Waals surface area contributed by atoms with Crippen molar-refractivity contribution < 1.29 is 14.3 Å². The normalized spacial score (nSPS) is 19.9. The highest BCUT2D eigenvalue weighted by molar-refractivity contribution is 6.30. The molecule has 5 nitrogen and oxygen atoms in total. The molecule has 3 rings (SSSR count). The fourth-order valence-corrected chi connectivity index (χ4v) is 2.86. The van der Waals surface area contributed by atoms with Crippen LogP contribution in [-0.4, -0.2) is 29.0 Å². The van der Waals surface area contributed by atoms with Crippen molar-refractivity contribution in [3.8, 4) is 5.75 Å². The number of fused-ring (bicyclic) bond motifs is 1. The van der Waals surface area contributed by atoms with Gasteiger partial charge in [-0.3, -0.25) is 10.1 Å². The molecular weight excluding hydrogens is 280 g/mol. The third-order valence-corrected chi connectivity index (χ3v) is 4.07. The second-order valence-corrected chi connectivity index (χ2v) is 5.99. The van der Waals surface area contributed by atoms with Gasteiger partial charge in [-0.25, -0.2) is 4.79 Å². The number of nitrogens with zero attached hydrogens (tertiary/aromatic N) is 1. The molecule has 2 heterocycles. The first kappa shape index (κ1) is 13.2. The predicted octanol–water partition coefficient (Wildman–Crippen LogP) is 2.11. The van der Waals surface area contributed by atoms with Gasteiger partial charge in [-0.2, -0.15) is 0 Å². The fraction of sp³-hybridized carbons (Fsp3) is 0.429. The molecule has 20 heavy (non-hydrogen) atoms. The Labute approximate surface area is 121 Å². The molecule has 6 heteroatoms. The summed E-state index contributed by atoms with van der Waals surface area (Å²) in [6.45, 7) is 4.36. The van der Waals surface area contributed by atoms with Gasteiger partial charge in [0.1, 0.15) is 11.3 Å². The number of ether oxygens (including phenoxy) is 1. The molecule has 0 atom stereocenters. The Morgan fingerprint density at radius 1 is 1.40 bits per heavy atom. The Bertz CT molecular complexity index is 613. The van der Waals surface area contributed by atoms with E-state index in [0.29, 0.717) is 18.2 Å². The molecule has 0 aromatic heterocycles. The summed E-state index contributed by atoms with van der Waals surface area (Å²) in [6.07, 6.45) is 0.817. The number of rotatable bonds is 2. The first-order valence-corrected chi connectivity index (χ1v) is 6.84. The zero-order valence-corrected chi connectivity index (χ0v) is 12.1. The van der Waals surface area contributed by atoms with E-state index in [1.165, 1.54) is 4.90 Å². The van der Waals surface area contributed by atoms with Gasteiger partial charge in [-0.1, -0.05) is 11.6 Å². The second-order valence-electron chi connectivity index (χ2n) is 5.56. The largest absolute Gasteiger partial charge is 0.493 e. The molecule has 1 aromatic rings. The van der Waals surface area contributed by atoms with Crippen molar-refractivity contribution in [2.24, 2.45) is 0 Å². The SMILES string of the molecule is CC1(C)C(=O)NC(=O)N1Cc1cc(Cl)cc2c1OCC2. The number of benzene rings is 1. The molecule has 106 valence electrons. The first-order valence-electron chi connectivity index (χ1n) is 6.47. The van der Waals surface area contributed by atoms with Crippen LogP contribution in [0.5, 0.6) is 5.75 Å². The summed E-state index contributed by atoms with van der Waals surface area (Å²) in [5, 5.41) is 2.95. The van der Waals surface area contributed by atoms with E-state index < -0.39 is 5.54 Å². The lowest BCUT2D eigenvalue weighted by Gasteiger charge is -2.28. The van der Waals surface area contributed by atoms with Crippen molar-refractivity contribution >= 4 is 23.5 Å². The zero-order valence-electron chi connectivity index (χ0n) is 11.3. The maximum absolute atomic E-state index is 11.9. The van der Waals surface area contributed by atoms with Crippen molar-refractivity contribution in [3.05, 3.63) is 28.3 Å². The molecule has 1 aromatic carbocycles. The summed E-state index contributed by atoms with van der Waals surface area (Å²) >= 11 is 6.11. The molecule has 0 bridgehead atoms. The van der Waals surface area contributed by atoms with Gasteiger partial charge in [0.2, 0.25) is 0 Å². The molecule has 0 aliphatic carbocycles. The van der Waals surface area contributed by atoms with Crippen LogP contribution in [0.3, 0.4) is 0 Å². The number of carbonyl (C=O) groups is 2. The van der Waals surface area contributed by atoms with Gasteiger partial charge < -0.3 is 9.64 Å². The highest BCUT2D eigenvalue weighted by Gasteiger charge is 2.45. The van der Waals surface area contributed by atoms with Crippen LogP contribution in [0, 0.1) is 0 Å². The highest BCUT2D eigenvalue weighted by Crippen LogP contribution is 2.35. The highest BCUT2D eigenvalue weighted by atomic mass is 35.5. The summed E-state index contributed by atoms with van der Waals surface area (Å²) in [7, 11) is 0. The minimum Gasteiger partial charge on any atom is -0.493 e. The second kappa shape index (κ2) is 4.38. The Morgan fingerprint density at radius 2 is 2.15 bits per heavy atom. The van der Waals surface area contributed by atoms with E-state index in [-0.39, 0.29) is 11.9 Å². The van der Waals surface area contributed by atoms with Crippen LogP contribution in [0.2, 0.25) is 5.02 Å². The van der Waals surface area contributed by atoms with Crippen LogP contribution in [0.4, 0.5) is 4.79 Å². The topological polar surface area (TPSA) is 58.6 Å². The molecule has 0 radical (unpaired) electrons. The lowest BCUT2D eigenvalue weighted by atomic mass is 10.0. The van der Waals surface area contributed by atoms with Crippen molar-refractivity contribution in [2.45, 2.75) is 32.4 Å². The number of imide groups is 1. The van der Waals surface area contributed by atoms with Gasteiger partial charge in [0.15, 0.2) is 0 Å². The van der Waals surface area contributed by atoms with Crippen LogP contribution in [0.15, 0.2) is 12.1 Å². The smallest absolute Gasteiger partial charge is 0.325 e. The average molecular weight is 295 g/mol. The summed E-state index contributed by atoms with van der Waals surface area (Å²) < 4.78 is 5.62.